The predicted molar refractivity (Wildman–Crippen MR) is 160 cm³/mol. The second-order valence-electron chi connectivity index (χ2n) is 10.8. The zero-order valence-electron chi connectivity index (χ0n) is 23.0. The average Bonchev–Trinajstić information content (AvgIpc) is 3.43. The van der Waals surface area contributed by atoms with Crippen LogP contribution in [0.2, 0.25) is 5.02 Å². The van der Waals surface area contributed by atoms with E-state index in [0.29, 0.717) is 36.9 Å². The molecule has 2 aromatic heterocycles. The normalized spacial score (nSPS) is 20.3. The number of anilines is 1. The van der Waals surface area contributed by atoms with Crippen LogP contribution in [0.15, 0.2) is 48.8 Å². The maximum absolute atomic E-state index is 13.4. The Bertz CT molecular complexity index is 1480. The fraction of sp³-hybridized carbons (Fsp3) is 0.467. The maximum atomic E-state index is 13.4. The molecule has 1 amide bonds. The third-order valence-electron chi connectivity index (χ3n) is 8.05. The highest BCUT2D eigenvalue weighted by Crippen LogP contribution is 2.42. The van der Waals surface area contributed by atoms with Gasteiger partial charge in [0.15, 0.2) is 15.7 Å². The van der Waals surface area contributed by atoms with Gasteiger partial charge in [-0.1, -0.05) is 36.6 Å². The number of pyridine rings is 1. The van der Waals surface area contributed by atoms with Gasteiger partial charge in [-0.25, -0.2) is 18.1 Å². The lowest BCUT2D eigenvalue weighted by Gasteiger charge is -2.30. The summed E-state index contributed by atoms with van der Waals surface area (Å²) in [6.07, 6.45) is 9.31. The van der Waals surface area contributed by atoms with E-state index in [4.69, 9.17) is 22.0 Å². The number of nitrogens with one attached hydrogen (secondary N) is 1. The van der Waals surface area contributed by atoms with Crippen LogP contribution in [-0.4, -0.2) is 60.2 Å². The Morgan fingerprint density at radius 2 is 1.83 bits per heavy atom. The molecular weight excluding hydrogens is 560 g/mol. The molecule has 5 rings (SSSR count). The molecule has 3 aromatic rings. The summed E-state index contributed by atoms with van der Waals surface area (Å²) < 4.78 is 25.5. The molecule has 0 unspecified atom stereocenters. The van der Waals surface area contributed by atoms with E-state index >= 15 is 0 Å². The first kappa shape index (κ1) is 29.1. The molecule has 41 heavy (non-hydrogen) atoms. The molecule has 9 nitrogen and oxygen atoms in total. The zero-order valence-corrected chi connectivity index (χ0v) is 24.6. The molecule has 1 aliphatic carbocycles. The molecule has 0 bridgehead atoms. The number of hydrogen-bond donors (Lipinski definition) is 1. The first-order valence-electron chi connectivity index (χ1n) is 14.3. The number of nitriles is 1. The Labute approximate surface area is 246 Å². The molecule has 1 N–H and O–H groups in total. The molecule has 2 fully saturated rings. The molecule has 216 valence electrons. The van der Waals surface area contributed by atoms with Gasteiger partial charge in [-0.15, -0.1) is 0 Å². The number of amides is 1. The van der Waals surface area contributed by atoms with Gasteiger partial charge in [0.05, 0.1) is 28.3 Å². The van der Waals surface area contributed by atoms with E-state index in [9.17, 15) is 13.2 Å². The molecule has 1 saturated heterocycles. The van der Waals surface area contributed by atoms with Crippen LogP contribution in [0.25, 0.3) is 16.9 Å². The van der Waals surface area contributed by atoms with Gasteiger partial charge in [0.2, 0.25) is 5.91 Å². The Morgan fingerprint density at radius 1 is 1.07 bits per heavy atom. The lowest BCUT2D eigenvalue weighted by molar-refractivity contribution is -0.126. The van der Waals surface area contributed by atoms with Crippen molar-refractivity contribution in [1.29, 1.82) is 5.26 Å². The molecule has 11 heteroatoms. The lowest BCUT2D eigenvalue weighted by atomic mass is 9.75. The number of aromatic nitrogens is 3. The van der Waals surface area contributed by atoms with Crippen LogP contribution in [0.4, 0.5) is 5.69 Å². The molecular formula is C30H35ClN6O3S. The molecule has 1 saturated carbocycles. The van der Waals surface area contributed by atoms with Crippen molar-refractivity contribution in [1.82, 2.24) is 20.1 Å². The summed E-state index contributed by atoms with van der Waals surface area (Å²) in [5.41, 5.74) is 3.80. The van der Waals surface area contributed by atoms with E-state index in [-0.39, 0.29) is 29.2 Å². The second kappa shape index (κ2) is 13.0. The minimum Gasteiger partial charge on any atom is -0.369 e. The number of carbonyl (C=O) groups excluding carboxylic acids is 1. The van der Waals surface area contributed by atoms with E-state index in [1.807, 2.05) is 36.5 Å². The van der Waals surface area contributed by atoms with Crippen molar-refractivity contribution in [3.63, 3.8) is 0 Å². The van der Waals surface area contributed by atoms with Crippen LogP contribution in [0.3, 0.4) is 0 Å². The SMILES string of the molecule is N#CCCCCNC(=O)[C@@H]1CCCC[C@H]1c1nn(-c2ccc(Cl)cn2)cc1-c1ccc(N2CCS(=O)(=O)CC2)cc1. The monoisotopic (exact) mass is 594 g/mol. The number of nitrogens with zero attached hydrogens (tertiary/aromatic N) is 5. The molecule has 1 aliphatic heterocycles. The summed E-state index contributed by atoms with van der Waals surface area (Å²) in [4.78, 5) is 19.9. The van der Waals surface area contributed by atoms with Gasteiger partial charge in [-0.3, -0.25) is 4.79 Å². The van der Waals surface area contributed by atoms with Gasteiger partial charge in [0, 0.05) is 61.5 Å². The van der Waals surface area contributed by atoms with E-state index in [2.05, 4.69) is 21.3 Å². The van der Waals surface area contributed by atoms with Gasteiger partial charge >= 0.3 is 0 Å². The number of hydrogen-bond acceptors (Lipinski definition) is 7. The Balaban J connectivity index is 1.44. The first-order chi connectivity index (χ1) is 19.8. The topological polar surface area (TPSA) is 121 Å². The highest BCUT2D eigenvalue weighted by Gasteiger charge is 2.35. The van der Waals surface area contributed by atoms with Crippen LogP contribution in [0, 0.1) is 17.2 Å². The minimum atomic E-state index is -2.95. The highest BCUT2D eigenvalue weighted by molar-refractivity contribution is 7.91. The van der Waals surface area contributed by atoms with E-state index in [1.165, 1.54) is 0 Å². The number of sulfone groups is 1. The van der Waals surface area contributed by atoms with E-state index < -0.39 is 9.84 Å². The number of carbonyl (C=O) groups is 1. The predicted octanol–water partition coefficient (Wildman–Crippen LogP) is 4.91. The van der Waals surface area contributed by atoms with Gasteiger partial charge < -0.3 is 10.2 Å². The van der Waals surface area contributed by atoms with E-state index in [1.54, 1.807) is 16.9 Å². The average molecular weight is 595 g/mol. The molecule has 3 heterocycles. The Morgan fingerprint density at radius 3 is 2.54 bits per heavy atom. The van der Waals surface area contributed by atoms with Crippen LogP contribution in [0.1, 0.15) is 56.6 Å². The summed E-state index contributed by atoms with van der Waals surface area (Å²) in [6, 6.07) is 13.9. The van der Waals surface area contributed by atoms with Gasteiger partial charge in [0.1, 0.15) is 0 Å². The number of halogens is 1. The van der Waals surface area contributed by atoms with Crippen molar-refractivity contribution in [2.45, 2.75) is 50.9 Å². The fourth-order valence-corrected chi connectivity index (χ4v) is 7.08. The van der Waals surface area contributed by atoms with Crippen molar-refractivity contribution >= 4 is 33.0 Å². The number of benzene rings is 1. The van der Waals surface area contributed by atoms with E-state index in [0.717, 1.165) is 61.0 Å². The Kier molecular flexibility index (Phi) is 9.25. The van der Waals surface area contributed by atoms with Crippen molar-refractivity contribution in [3.05, 3.63) is 59.5 Å². The summed E-state index contributed by atoms with van der Waals surface area (Å²) in [5, 5.41) is 17.4. The molecule has 1 aromatic carbocycles. The largest absolute Gasteiger partial charge is 0.369 e. The zero-order chi connectivity index (χ0) is 28.8. The summed E-state index contributed by atoms with van der Waals surface area (Å²) in [5.74, 6) is 0.800. The minimum absolute atomic E-state index is 0.0432. The lowest BCUT2D eigenvalue weighted by Crippen LogP contribution is -2.40. The van der Waals surface area contributed by atoms with Crippen LogP contribution < -0.4 is 10.2 Å². The molecule has 2 aliphatic rings. The summed E-state index contributed by atoms with van der Waals surface area (Å²) in [6.45, 7) is 1.55. The van der Waals surface area contributed by atoms with Gasteiger partial charge in [-0.2, -0.15) is 10.4 Å². The van der Waals surface area contributed by atoms with Gasteiger partial charge in [0.25, 0.3) is 0 Å². The van der Waals surface area contributed by atoms with Crippen LogP contribution in [0.5, 0.6) is 0 Å². The third-order valence-corrected chi connectivity index (χ3v) is 9.88. The van der Waals surface area contributed by atoms with Crippen LogP contribution >= 0.6 is 11.6 Å². The first-order valence-corrected chi connectivity index (χ1v) is 16.5. The number of unbranched alkanes of at least 4 members (excludes halogenated alkanes) is 2. The standard InChI is InChI=1S/C30H35ClN6O3S/c31-23-10-13-28(34-20-23)37-21-27(22-8-11-24(12-9-22)36-16-18-41(39,40)19-17-36)29(35-37)25-6-2-3-7-26(25)30(38)33-15-5-1-4-14-32/h8-13,20-21,25-26H,1-7,15-19H2,(H,33,38)/t25-,26-/m1/s1. The highest BCUT2D eigenvalue weighted by atomic mass is 35.5. The number of rotatable bonds is 9. The quantitative estimate of drug-likeness (QED) is 0.350. The summed E-state index contributed by atoms with van der Waals surface area (Å²) in [7, 11) is -2.95. The maximum Gasteiger partial charge on any atom is 0.223 e. The molecule has 0 radical (unpaired) electrons. The van der Waals surface area contributed by atoms with Crippen molar-refractivity contribution in [2.24, 2.45) is 5.92 Å². The Hall–Kier alpha value is -3.42. The smallest absolute Gasteiger partial charge is 0.223 e. The summed E-state index contributed by atoms with van der Waals surface area (Å²) >= 11 is 6.08. The third kappa shape index (κ3) is 7.08. The second-order valence-corrected chi connectivity index (χ2v) is 13.5. The van der Waals surface area contributed by atoms with Gasteiger partial charge in [-0.05, 0) is 55.5 Å². The van der Waals surface area contributed by atoms with Crippen molar-refractivity contribution in [2.75, 3.05) is 36.0 Å². The van der Waals surface area contributed by atoms with Crippen molar-refractivity contribution < 1.29 is 13.2 Å². The molecule has 2 atom stereocenters. The molecule has 0 spiro atoms. The van der Waals surface area contributed by atoms with Crippen LogP contribution in [-0.2, 0) is 14.6 Å². The fourth-order valence-electron chi connectivity index (χ4n) is 5.77. The van der Waals surface area contributed by atoms with Crippen molar-refractivity contribution in [3.8, 4) is 23.0 Å².